The molecule has 2 aromatic heterocycles. The van der Waals surface area contributed by atoms with E-state index in [-0.39, 0.29) is 23.3 Å². The lowest BCUT2D eigenvalue weighted by Crippen LogP contribution is -2.39. The highest BCUT2D eigenvalue weighted by atomic mass is 19.3. The fraction of sp³-hybridized carbons (Fsp3) is 0.447. The second kappa shape index (κ2) is 16.2. The van der Waals surface area contributed by atoms with E-state index in [1.807, 2.05) is 13.0 Å². The lowest BCUT2D eigenvalue weighted by molar-refractivity contribution is -0.134. The van der Waals surface area contributed by atoms with Gasteiger partial charge in [-0.05, 0) is 76.4 Å². The molecule has 2 unspecified atom stereocenters. The molecule has 0 bridgehead atoms. The molecule has 4 aromatic rings. The standard InChI is InChI=1S/C21H22F3N5O.C17H22N2O2/c1-12(14-4-3-5-15(19(14)22)20(23)24)26-21-16-10-18(29-6-8-30-9-7-29)25-11-17(16)13(2)27-28-21;1-19-10-8-13(9-11-19)12-2-4-14(5-3-12)15-6-7-16(20)18-17(15)21/h3-5,10-12,20H,6-9H2,1-2H3,(H,26,28);2-5,13,15H,6-11H2,1H3,(H,18,20,21). The van der Waals surface area contributed by atoms with Crippen LogP contribution < -0.4 is 15.5 Å². The summed E-state index contributed by atoms with van der Waals surface area (Å²) < 4.78 is 46.1. The maximum absolute atomic E-state index is 14.6. The zero-order valence-corrected chi connectivity index (χ0v) is 29.2. The number of aryl methyl sites for hydroxylation is 1. The number of benzene rings is 2. The van der Waals surface area contributed by atoms with Crippen molar-refractivity contribution in [2.75, 3.05) is 56.7 Å². The molecule has 0 aliphatic carbocycles. The molecule has 2 N–H and O–H groups in total. The number of halogens is 3. The predicted molar refractivity (Wildman–Crippen MR) is 190 cm³/mol. The Morgan fingerprint density at radius 3 is 2.29 bits per heavy atom. The monoisotopic (exact) mass is 703 g/mol. The Labute approximate surface area is 295 Å². The largest absolute Gasteiger partial charge is 0.378 e. The number of likely N-dealkylation sites (tertiary alicyclic amines) is 1. The number of carbonyl (C=O) groups excluding carboxylic acids is 2. The van der Waals surface area contributed by atoms with Crippen LogP contribution in [0.4, 0.5) is 24.8 Å². The maximum atomic E-state index is 14.6. The minimum atomic E-state index is -2.88. The molecule has 2 atom stereocenters. The second-order valence-corrected chi connectivity index (χ2v) is 13.5. The third-order valence-corrected chi connectivity index (χ3v) is 10.1. The summed E-state index contributed by atoms with van der Waals surface area (Å²) in [5.74, 6) is 0.484. The van der Waals surface area contributed by atoms with Crippen LogP contribution in [0.15, 0.2) is 54.7 Å². The summed E-state index contributed by atoms with van der Waals surface area (Å²) in [5, 5.41) is 15.6. The van der Waals surface area contributed by atoms with Crippen LogP contribution in [0.1, 0.15) is 84.9 Å². The van der Waals surface area contributed by atoms with E-state index >= 15 is 0 Å². The zero-order valence-electron chi connectivity index (χ0n) is 29.2. The Kier molecular flexibility index (Phi) is 11.5. The van der Waals surface area contributed by atoms with Gasteiger partial charge in [0, 0.05) is 42.0 Å². The number of carbonyl (C=O) groups is 2. The molecule has 3 aliphatic heterocycles. The average Bonchev–Trinajstić information content (AvgIpc) is 3.14. The highest BCUT2D eigenvalue weighted by Crippen LogP contribution is 2.33. The fourth-order valence-corrected chi connectivity index (χ4v) is 6.94. The molecule has 2 aromatic carbocycles. The first-order chi connectivity index (χ1) is 24.6. The first kappa shape index (κ1) is 36.2. The van der Waals surface area contributed by atoms with E-state index in [9.17, 15) is 22.8 Å². The van der Waals surface area contributed by atoms with Gasteiger partial charge in [-0.3, -0.25) is 14.9 Å². The zero-order chi connectivity index (χ0) is 36.1. The Morgan fingerprint density at radius 2 is 1.61 bits per heavy atom. The molecule has 51 heavy (non-hydrogen) atoms. The Balaban J connectivity index is 0.000000187. The third kappa shape index (κ3) is 8.48. The van der Waals surface area contributed by atoms with Crippen LogP contribution in [0.25, 0.3) is 10.8 Å². The number of aromatic nitrogens is 3. The summed E-state index contributed by atoms with van der Waals surface area (Å²) in [6.07, 6.45) is 2.34. The van der Waals surface area contributed by atoms with Crippen molar-refractivity contribution >= 4 is 34.2 Å². The number of ether oxygens (including phenoxy) is 1. The minimum Gasteiger partial charge on any atom is -0.378 e. The van der Waals surface area contributed by atoms with Crippen LogP contribution in [-0.2, 0) is 14.3 Å². The van der Waals surface area contributed by atoms with Crippen LogP contribution in [0.5, 0.6) is 0 Å². The number of hydrogen-bond donors (Lipinski definition) is 2. The van der Waals surface area contributed by atoms with Crippen LogP contribution in [0.3, 0.4) is 0 Å². The van der Waals surface area contributed by atoms with E-state index < -0.39 is 23.8 Å². The predicted octanol–water partition coefficient (Wildman–Crippen LogP) is 6.44. The smallest absolute Gasteiger partial charge is 0.266 e. The number of anilines is 2. The Morgan fingerprint density at radius 1 is 0.922 bits per heavy atom. The summed E-state index contributed by atoms with van der Waals surface area (Å²) in [7, 11) is 2.17. The van der Waals surface area contributed by atoms with Gasteiger partial charge in [0.25, 0.3) is 6.43 Å². The summed E-state index contributed by atoms with van der Waals surface area (Å²) in [6.45, 7) is 8.58. The molecule has 13 heteroatoms. The van der Waals surface area contributed by atoms with E-state index in [2.05, 4.69) is 66.9 Å². The normalized spacial score (nSPS) is 19.4. The summed E-state index contributed by atoms with van der Waals surface area (Å²) in [6, 6.07) is 13.8. The molecule has 7 rings (SSSR count). The molecule has 0 radical (unpaired) electrons. The molecule has 3 fully saturated rings. The van der Waals surface area contributed by atoms with Crippen molar-refractivity contribution in [3.05, 3.63) is 88.5 Å². The number of alkyl halides is 2. The summed E-state index contributed by atoms with van der Waals surface area (Å²) >= 11 is 0. The minimum absolute atomic E-state index is 0.144. The quantitative estimate of drug-likeness (QED) is 0.210. The van der Waals surface area contributed by atoms with Crippen LogP contribution >= 0.6 is 0 Å². The molecule has 5 heterocycles. The Bertz CT molecular complexity index is 1850. The van der Waals surface area contributed by atoms with Crippen molar-refractivity contribution in [1.82, 2.24) is 25.4 Å². The number of nitrogens with zero attached hydrogens (tertiary/aromatic N) is 5. The topological polar surface area (TPSA) is 113 Å². The molecule has 2 amide bonds. The van der Waals surface area contributed by atoms with Gasteiger partial charge >= 0.3 is 0 Å². The van der Waals surface area contributed by atoms with Gasteiger partial charge in [-0.1, -0.05) is 42.5 Å². The van der Waals surface area contributed by atoms with Gasteiger partial charge in [0.1, 0.15) is 11.6 Å². The molecule has 0 saturated carbocycles. The molecule has 270 valence electrons. The van der Waals surface area contributed by atoms with Crippen molar-refractivity contribution < 1.29 is 27.5 Å². The Hall–Kier alpha value is -4.62. The van der Waals surface area contributed by atoms with E-state index in [0.29, 0.717) is 37.8 Å². The van der Waals surface area contributed by atoms with Gasteiger partial charge in [-0.25, -0.2) is 18.2 Å². The summed E-state index contributed by atoms with van der Waals surface area (Å²) in [5.41, 5.74) is 2.65. The lowest BCUT2D eigenvalue weighted by atomic mass is 9.86. The number of imide groups is 1. The highest BCUT2D eigenvalue weighted by molar-refractivity contribution is 6.01. The number of amides is 2. The molecular formula is C38H44F3N7O3. The van der Waals surface area contributed by atoms with Crippen LogP contribution in [0.2, 0.25) is 0 Å². The van der Waals surface area contributed by atoms with Gasteiger partial charge in [-0.2, -0.15) is 5.10 Å². The third-order valence-electron chi connectivity index (χ3n) is 10.1. The van der Waals surface area contributed by atoms with Gasteiger partial charge in [-0.15, -0.1) is 5.10 Å². The number of pyridine rings is 1. The van der Waals surface area contributed by atoms with Crippen LogP contribution in [-0.4, -0.2) is 78.3 Å². The fourth-order valence-electron chi connectivity index (χ4n) is 6.94. The van der Waals surface area contributed by atoms with Crippen molar-refractivity contribution in [3.8, 4) is 0 Å². The van der Waals surface area contributed by atoms with E-state index in [0.717, 1.165) is 60.1 Å². The van der Waals surface area contributed by atoms with E-state index in [1.165, 1.54) is 30.5 Å². The van der Waals surface area contributed by atoms with Crippen molar-refractivity contribution in [2.24, 2.45) is 0 Å². The number of piperidine rings is 2. The van der Waals surface area contributed by atoms with Crippen molar-refractivity contribution in [3.63, 3.8) is 0 Å². The molecular weight excluding hydrogens is 659 g/mol. The molecule has 0 spiro atoms. The maximum Gasteiger partial charge on any atom is 0.266 e. The van der Waals surface area contributed by atoms with Gasteiger partial charge in [0.2, 0.25) is 11.8 Å². The van der Waals surface area contributed by atoms with E-state index in [4.69, 9.17) is 4.74 Å². The number of fused-ring (bicyclic) bond motifs is 1. The van der Waals surface area contributed by atoms with Crippen molar-refractivity contribution in [2.45, 2.75) is 63.8 Å². The number of hydrogen-bond acceptors (Lipinski definition) is 9. The molecule has 3 saturated heterocycles. The first-order valence-electron chi connectivity index (χ1n) is 17.5. The lowest BCUT2D eigenvalue weighted by Gasteiger charge is -2.29. The number of morpholine rings is 1. The second-order valence-electron chi connectivity index (χ2n) is 13.5. The number of rotatable bonds is 7. The molecule has 3 aliphatic rings. The van der Waals surface area contributed by atoms with E-state index in [1.54, 1.807) is 13.1 Å². The SMILES string of the molecule is CN1CCC(c2ccc(C3CCC(=O)NC3=O)cc2)CC1.Cc1nnc(NC(C)c2cccc(C(F)F)c2F)c2cc(N3CCOCC3)ncc12. The first-order valence-corrected chi connectivity index (χ1v) is 17.5. The van der Waals surface area contributed by atoms with Crippen LogP contribution in [0, 0.1) is 12.7 Å². The van der Waals surface area contributed by atoms with Gasteiger partial charge < -0.3 is 19.9 Å². The summed E-state index contributed by atoms with van der Waals surface area (Å²) in [4.78, 5) is 32.1. The molecule has 10 nitrogen and oxygen atoms in total. The van der Waals surface area contributed by atoms with Crippen molar-refractivity contribution in [1.29, 1.82) is 0 Å². The number of nitrogens with one attached hydrogen (secondary N) is 2. The highest BCUT2D eigenvalue weighted by Gasteiger charge is 2.28. The average molecular weight is 704 g/mol. The van der Waals surface area contributed by atoms with Gasteiger partial charge in [0.05, 0.1) is 36.4 Å². The van der Waals surface area contributed by atoms with Gasteiger partial charge in [0.15, 0.2) is 5.82 Å².